The summed E-state index contributed by atoms with van der Waals surface area (Å²) in [5.41, 5.74) is 0. The van der Waals surface area contributed by atoms with E-state index < -0.39 is 0 Å². The predicted molar refractivity (Wildman–Crippen MR) is 303 cm³/mol. The average molecular weight is 979 g/mol. The van der Waals surface area contributed by atoms with Crippen molar-refractivity contribution in [3.8, 4) is 0 Å². The van der Waals surface area contributed by atoms with Crippen molar-refractivity contribution < 1.29 is 14.4 Å². The van der Waals surface area contributed by atoms with Gasteiger partial charge in [0.15, 0.2) is 0 Å². The predicted octanol–water partition coefficient (Wildman–Crippen LogP) is 13.6. The van der Waals surface area contributed by atoms with E-state index in [-0.39, 0.29) is 17.7 Å². The maximum atomic E-state index is 12.2. The fourth-order valence-electron chi connectivity index (χ4n) is 8.70. The Kier molecular flexibility index (Phi) is 59.1. The molecule has 4 N–H and O–H groups in total. The summed E-state index contributed by atoms with van der Waals surface area (Å²) in [5, 5.41) is 12.4. The molecule has 0 radical (unpaired) electrons. The molecule has 0 unspecified atom stereocenters. The van der Waals surface area contributed by atoms with Gasteiger partial charge in [0.25, 0.3) is 0 Å². The van der Waals surface area contributed by atoms with E-state index in [1.807, 2.05) is 7.05 Å². The number of unbranched alkanes of at least 4 members (excludes halogenated alkanes) is 33. The van der Waals surface area contributed by atoms with E-state index in [0.717, 1.165) is 84.7 Å². The van der Waals surface area contributed by atoms with Crippen molar-refractivity contribution in [1.82, 2.24) is 36.0 Å². The van der Waals surface area contributed by atoms with Gasteiger partial charge in [0.1, 0.15) is 0 Å². The lowest BCUT2D eigenvalue weighted by molar-refractivity contribution is -0.122. The molecule has 0 aromatic heterocycles. The van der Waals surface area contributed by atoms with Gasteiger partial charge < -0.3 is 36.0 Å². The van der Waals surface area contributed by atoms with Crippen LogP contribution in [0.3, 0.4) is 0 Å². The fraction of sp³-hybridized carbons (Fsp3) is 0.949. The Hall–Kier alpha value is -1.75. The van der Waals surface area contributed by atoms with Gasteiger partial charge in [-0.2, -0.15) is 0 Å². The van der Waals surface area contributed by atoms with Crippen molar-refractivity contribution in [1.29, 1.82) is 0 Å². The van der Waals surface area contributed by atoms with E-state index in [2.05, 4.69) is 77.9 Å². The minimum Gasteiger partial charge on any atom is -0.356 e. The standard InChI is InChI=1S/C38H78N4O2.C21H45N3O/c1-5-7-9-11-13-15-17-19-21-23-25-27-31-39-37(43)29-33-41(3)35-36-42(4)34-30-38(44)40-32-28-26-24-22-20-18-16-14-12-10-8-6-2;1-4-5-6-7-8-9-10-11-12-13-14-15-17-23-21(25)16-19-24(3)20-18-22-2/h5-36H2,1-4H3,(H,39,43)(H,40,44);22H,4-20H2,1-3H3,(H,23,25). The Bertz CT molecular complexity index is 998. The zero-order valence-electron chi connectivity index (χ0n) is 47.7. The van der Waals surface area contributed by atoms with Crippen LogP contribution in [0.5, 0.6) is 0 Å². The van der Waals surface area contributed by atoms with Crippen LogP contribution in [0.1, 0.15) is 271 Å². The number of amides is 3. The van der Waals surface area contributed by atoms with Crippen LogP contribution in [-0.4, -0.2) is 126 Å². The Labute approximate surface area is 431 Å². The summed E-state index contributed by atoms with van der Waals surface area (Å²) in [4.78, 5) is 42.8. The summed E-state index contributed by atoms with van der Waals surface area (Å²) in [6.07, 6.45) is 50.2. The molecule has 10 heteroatoms. The highest BCUT2D eigenvalue weighted by Crippen LogP contribution is 2.14. The van der Waals surface area contributed by atoms with E-state index in [1.165, 1.54) is 212 Å². The number of hydrogen-bond donors (Lipinski definition) is 4. The van der Waals surface area contributed by atoms with E-state index in [4.69, 9.17) is 0 Å². The van der Waals surface area contributed by atoms with Crippen LogP contribution in [0.4, 0.5) is 0 Å². The second kappa shape index (κ2) is 58.8. The van der Waals surface area contributed by atoms with E-state index >= 15 is 0 Å². The van der Waals surface area contributed by atoms with Crippen molar-refractivity contribution in [2.75, 3.05) is 93.6 Å². The van der Waals surface area contributed by atoms with Crippen molar-refractivity contribution in [2.45, 2.75) is 271 Å². The van der Waals surface area contributed by atoms with E-state index in [1.54, 1.807) is 0 Å². The third kappa shape index (κ3) is 60.5. The average Bonchev–Trinajstić information content (AvgIpc) is 3.35. The Balaban J connectivity index is 0. The molecule has 0 bridgehead atoms. The van der Waals surface area contributed by atoms with Crippen LogP contribution in [0.2, 0.25) is 0 Å². The number of nitrogens with zero attached hydrogens (tertiary/aromatic N) is 3. The molecule has 0 aliphatic rings. The van der Waals surface area contributed by atoms with Gasteiger partial charge in [0.2, 0.25) is 17.7 Å². The normalized spacial score (nSPS) is 11.4. The molecule has 0 saturated carbocycles. The lowest BCUT2D eigenvalue weighted by Gasteiger charge is -2.21. The quantitative estimate of drug-likeness (QED) is 0.0450. The van der Waals surface area contributed by atoms with Gasteiger partial charge in [-0.3, -0.25) is 14.4 Å². The second-order valence-corrected chi connectivity index (χ2v) is 21.0. The lowest BCUT2D eigenvalue weighted by atomic mass is 10.1. The molecule has 0 heterocycles. The first-order chi connectivity index (χ1) is 33.7. The monoisotopic (exact) mass is 978 g/mol. The van der Waals surface area contributed by atoms with Crippen LogP contribution in [0, 0.1) is 0 Å². The van der Waals surface area contributed by atoms with Crippen LogP contribution < -0.4 is 21.3 Å². The highest BCUT2D eigenvalue weighted by atomic mass is 16.2. The van der Waals surface area contributed by atoms with Gasteiger partial charge in [-0.25, -0.2) is 0 Å². The molecule has 69 heavy (non-hydrogen) atoms. The van der Waals surface area contributed by atoms with Gasteiger partial charge in [-0.15, -0.1) is 0 Å². The van der Waals surface area contributed by atoms with Crippen LogP contribution in [-0.2, 0) is 14.4 Å². The molecular formula is C59H123N7O3. The molecule has 0 aliphatic heterocycles. The summed E-state index contributed by atoms with van der Waals surface area (Å²) < 4.78 is 0. The Morgan fingerprint density at radius 2 is 0.478 bits per heavy atom. The van der Waals surface area contributed by atoms with Crippen molar-refractivity contribution in [3.63, 3.8) is 0 Å². The first-order valence-corrected chi connectivity index (χ1v) is 30.2. The summed E-state index contributed by atoms with van der Waals surface area (Å²) in [7, 11) is 8.17. The molecule has 0 spiro atoms. The highest BCUT2D eigenvalue weighted by Gasteiger charge is 2.09. The van der Waals surface area contributed by atoms with Gasteiger partial charge in [-0.05, 0) is 47.5 Å². The van der Waals surface area contributed by atoms with Gasteiger partial charge >= 0.3 is 0 Å². The first-order valence-electron chi connectivity index (χ1n) is 30.2. The molecular weight excluding hydrogens is 855 g/mol. The van der Waals surface area contributed by atoms with Crippen LogP contribution in [0.15, 0.2) is 0 Å². The number of carbonyl (C=O) groups is 3. The third-order valence-corrected chi connectivity index (χ3v) is 13.8. The molecule has 0 rings (SSSR count). The highest BCUT2D eigenvalue weighted by molar-refractivity contribution is 5.76. The molecule has 412 valence electrons. The summed E-state index contributed by atoms with van der Waals surface area (Å²) in [6.45, 7) is 15.4. The largest absolute Gasteiger partial charge is 0.356 e. The molecule has 0 aliphatic carbocycles. The number of rotatable bonds is 54. The van der Waals surface area contributed by atoms with Crippen LogP contribution >= 0.6 is 0 Å². The van der Waals surface area contributed by atoms with E-state index in [0.29, 0.717) is 19.3 Å². The van der Waals surface area contributed by atoms with Gasteiger partial charge in [0.05, 0.1) is 0 Å². The molecule has 0 aromatic rings. The Morgan fingerprint density at radius 1 is 0.275 bits per heavy atom. The summed E-state index contributed by atoms with van der Waals surface area (Å²) >= 11 is 0. The molecule has 0 atom stereocenters. The first kappa shape index (κ1) is 69.3. The maximum Gasteiger partial charge on any atom is 0.221 e. The second-order valence-electron chi connectivity index (χ2n) is 21.0. The zero-order chi connectivity index (χ0) is 50.9. The maximum absolute atomic E-state index is 12.2. The van der Waals surface area contributed by atoms with Crippen molar-refractivity contribution in [2.24, 2.45) is 0 Å². The smallest absolute Gasteiger partial charge is 0.221 e. The van der Waals surface area contributed by atoms with Gasteiger partial charge in [0, 0.05) is 84.7 Å². The lowest BCUT2D eigenvalue weighted by Crippen LogP contribution is -2.35. The molecule has 0 aromatic carbocycles. The summed E-state index contributed by atoms with van der Waals surface area (Å²) in [5.74, 6) is 0.524. The zero-order valence-corrected chi connectivity index (χ0v) is 47.7. The molecule has 3 amide bonds. The minimum atomic E-state index is 0.165. The molecule has 10 nitrogen and oxygen atoms in total. The van der Waals surface area contributed by atoms with Crippen LogP contribution in [0.25, 0.3) is 0 Å². The Morgan fingerprint density at radius 3 is 0.696 bits per heavy atom. The van der Waals surface area contributed by atoms with Crippen molar-refractivity contribution >= 4 is 17.7 Å². The fourth-order valence-corrected chi connectivity index (χ4v) is 8.70. The number of likely N-dealkylation sites (N-methyl/N-ethyl adjacent to an activating group) is 4. The number of carbonyl (C=O) groups excluding carboxylic acids is 3. The SMILES string of the molecule is CCCCCCCCCCCCCCNC(=O)CCN(C)CCN(C)CCC(=O)NCCCCCCCCCCCCCC.CCCCCCCCCCCCCCNC(=O)CCN(C)CCNC. The minimum absolute atomic E-state index is 0.165. The summed E-state index contributed by atoms with van der Waals surface area (Å²) in [6, 6.07) is 0. The molecule has 0 fully saturated rings. The third-order valence-electron chi connectivity index (χ3n) is 13.8. The number of nitrogens with one attached hydrogen (secondary N) is 4. The number of hydrogen-bond acceptors (Lipinski definition) is 7. The van der Waals surface area contributed by atoms with Crippen molar-refractivity contribution in [3.05, 3.63) is 0 Å². The van der Waals surface area contributed by atoms with Gasteiger partial charge in [-0.1, -0.05) is 233 Å². The van der Waals surface area contributed by atoms with E-state index in [9.17, 15) is 14.4 Å². The topological polar surface area (TPSA) is 109 Å². The molecule has 0 saturated heterocycles.